The third-order valence-electron chi connectivity index (χ3n) is 2.25. The molecule has 2 rings (SSSR count). The molecule has 0 unspecified atom stereocenters. The Kier molecular flexibility index (Phi) is 2.78. The summed E-state index contributed by atoms with van der Waals surface area (Å²) in [6.07, 6.45) is 3.40. The van der Waals surface area contributed by atoms with Gasteiger partial charge in [-0.15, -0.1) is 11.3 Å². The summed E-state index contributed by atoms with van der Waals surface area (Å²) in [7, 11) is 1.82. The molecule has 0 saturated heterocycles. The maximum atomic E-state index is 11.9. The van der Waals surface area contributed by atoms with Gasteiger partial charge in [0.25, 0.3) is 5.91 Å². The van der Waals surface area contributed by atoms with Gasteiger partial charge in [0, 0.05) is 23.0 Å². The molecule has 0 bridgehead atoms. The van der Waals surface area contributed by atoms with Crippen LogP contribution in [0.5, 0.6) is 0 Å². The highest BCUT2D eigenvalue weighted by Gasteiger charge is 2.12. The van der Waals surface area contributed by atoms with Crippen LogP contribution < -0.4 is 5.32 Å². The minimum Gasteiger partial charge on any atom is -0.319 e. The lowest BCUT2D eigenvalue weighted by Gasteiger charge is -2.00. The van der Waals surface area contributed by atoms with Gasteiger partial charge < -0.3 is 5.32 Å². The van der Waals surface area contributed by atoms with Crippen LogP contribution in [0.1, 0.15) is 20.1 Å². The summed E-state index contributed by atoms with van der Waals surface area (Å²) in [5, 5.41) is 6.81. The van der Waals surface area contributed by atoms with Crippen LogP contribution in [0.15, 0.2) is 18.5 Å². The van der Waals surface area contributed by atoms with Gasteiger partial charge >= 0.3 is 0 Å². The Morgan fingerprint density at radius 2 is 2.25 bits per heavy atom. The molecule has 16 heavy (non-hydrogen) atoms. The van der Waals surface area contributed by atoms with E-state index in [2.05, 4.69) is 10.4 Å². The molecule has 0 fully saturated rings. The summed E-state index contributed by atoms with van der Waals surface area (Å²) < 4.78 is 1.65. The summed E-state index contributed by atoms with van der Waals surface area (Å²) in [6.45, 7) is 3.95. The molecular weight excluding hydrogens is 222 g/mol. The number of nitrogens with one attached hydrogen (secondary N) is 1. The number of rotatable bonds is 2. The minimum atomic E-state index is -0.0742. The molecule has 0 radical (unpaired) electrons. The first kappa shape index (κ1) is 10.9. The van der Waals surface area contributed by atoms with E-state index in [0.29, 0.717) is 0 Å². The Hall–Kier alpha value is -1.62. The van der Waals surface area contributed by atoms with E-state index in [9.17, 15) is 4.79 Å². The number of amides is 1. The number of anilines is 1. The zero-order valence-electron chi connectivity index (χ0n) is 9.44. The van der Waals surface area contributed by atoms with Crippen molar-refractivity contribution >= 4 is 22.9 Å². The molecule has 1 amide bonds. The van der Waals surface area contributed by atoms with Crippen molar-refractivity contribution in [2.75, 3.05) is 5.32 Å². The first-order valence-electron chi connectivity index (χ1n) is 4.93. The van der Waals surface area contributed by atoms with Crippen molar-refractivity contribution in [2.24, 2.45) is 7.05 Å². The number of aryl methyl sites for hydroxylation is 3. The summed E-state index contributed by atoms with van der Waals surface area (Å²) in [6, 6.07) is 1.91. The van der Waals surface area contributed by atoms with Gasteiger partial charge in [-0.2, -0.15) is 5.10 Å². The van der Waals surface area contributed by atoms with Gasteiger partial charge in [-0.25, -0.2) is 0 Å². The number of aromatic nitrogens is 2. The smallest absolute Gasteiger partial charge is 0.256 e. The second-order valence-electron chi connectivity index (χ2n) is 3.68. The van der Waals surface area contributed by atoms with Crippen molar-refractivity contribution in [3.8, 4) is 0 Å². The zero-order chi connectivity index (χ0) is 11.7. The number of carbonyl (C=O) groups is 1. The molecule has 4 nitrogen and oxygen atoms in total. The Morgan fingerprint density at radius 1 is 1.50 bits per heavy atom. The first-order chi connectivity index (χ1) is 7.56. The first-order valence-corrected chi connectivity index (χ1v) is 5.75. The number of thiophene rings is 1. The van der Waals surface area contributed by atoms with E-state index >= 15 is 0 Å². The zero-order valence-corrected chi connectivity index (χ0v) is 10.3. The summed E-state index contributed by atoms with van der Waals surface area (Å²) in [4.78, 5) is 14.1. The Morgan fingerprint density at radius 3 is 2.75 bits per heavy atom. The predicted molar refractivity (Wildman–Crippen MR) is 65.0 cm³/mol. The molecule has 2 aromatic heterocycles. The van der Waals surface area contributed by atoms with Crippen LogP contribution in [0.2, 0.25) is 0 Å². The molecule has 84 valence electrons. The van der Waals surface area contributed by atoms with Crippen molar-refractivity contribution in [1.29, 1.82) is 0 Å². The molecule has 0 aliphatic heterocycles. The van der Waals surface area contributed by atoms with Crippen molar-refractivity contribution < 1.29 is 4.79 Å². The van der Waals surface area contributed by atoms with Gasteiger partial charge in [-0.1, -0.05) is 0 Å². The van der Waals surface area contributed by atoms with Gasteiger partial charge in [-0.05, 0) is 19.9 Å². The van der Waals surface area contributed by atoms with Crippen LogP contribution >= 0.6 is 11.3 Å². The lowest BCUT2D eigenvalue weighted by atomic mass is 10.2. The van der Waals surface area contributed by atoms with E-state index in [0.717, 1.165) is 21.0 Å². The van der Waals surface area contributed by atoms with E-state index in [-0.39, 0.29) is 5.91 Å². The molecule has 0 aromatic carbocycles. The average molecular weight is 235 g/mol. The standard InChI is InChI=1S/C11H13N3OS/c1-7-4-10(8(2)16-7)11(15)13-9-5-12-14(3)6-9/h4-6H,1-3H3,(H,13,15). The molecule has 0 saturated carbocycles. The fraction of sp³-hybridized carbons (Fsp3) is 0.273. The van der Waals surface area contributed by atoms with Crippen LogP contribution in [0.25, 0.3) is 0 Å². The van der Waals surface area contributed by atoms with E-state index in [4.69, 9.17) is 0 Å². The number of hydrogen-bond donors (Lipinski definition) is 1. The van der Waals surface area contributed by atoms with E-state index in [1.807, 2.05) is 27.0 Å². The van der Waals surface area contributed by atoms with E-state index in [1.165, 1.54) is 0 Å². The van der Waals surface area contributed by atoms with Gasteiger partial charge in [-0.3, -0.25) is 9.48 Å². The van der Waals surface area contributed by atoms with Gasteiger partial charge in [0.05, 0.1) is 17.4 Å². The van der Waals surface area contributed by atoms with Crippen LogP contribution in [0.3, 0.4) is 0 Å². The highest BCUT2D eigenvalue weighted by molar-refractivity contribution is 7.12. The largest absolute Gasteiger partial charge is 0.319 e. The topological polar surface area (TPSA) is 46.9 Å². The van der Waals surface area contributed by atoms with Crippen molar-refractivity contribution in [3.63, 3.8) is 0 Å². The molecule has 0 aliphatic rings. The Balaban J connectivity index is 2.17. The van der Waals surface area contributed by atoms with E-state index in [1.54, 1.807) is 28.4 Å². The SMILES string of the molecule is Cc1cc(C(=O)Nc2cnn(C)c2)c(C)s1. The number of hydrogen-bond acceptors (Lipinski definition) is 3. The summed E-state index contributed by atoms with van der Waals surface area (Å²) in [5.74, 6) is -0.0742. The molecule has 2 heterocycles. The quantitative estimate of drug-likeness (QED) is 0.868. The third-order valence-corrected chi connectivity index (χ3v) is 3.21. The number of nitrogens with zero attached hydrogens (tertiary/aromatic N) is 2. The van der Waals surface area contributed by atoms with Gasteiger partial charge in [0.15, 0.2) is 0 Å². The summed E-state index contributed by atoms with van der Waals surface area (Å²) in [5.41, 5.74) is 1.46. The monoisotopic (exact) mass is 235 g/mol. The van der Waals surface area contributed by atoms with Gasteiger partial charge in [0.2, 0.25) is 0 Å². The molecule has 0 spiro atoms. The van der Waals surface area contributed by atoms with Crippen LogP contribution in [0, 0.1) is 13.8 Å². The van der Waals surface area contributed by atoms with Crippen LogP contribution in [0.4, 0.5) is 5.69 Å². The molecule has 2 aromatic rings. The molecular formula is C11H13N3OS. The molecule has 5 heteroatoms. The maximum absolute atomic E-state index is 11.9. The molecule has 0 atom stereocenters. The van der Waals surface area contributed by atoms with Crippen LogP contribution in [-0.2, 0) is 7.05 Å². The minimum absolute atomic E-state index is 0.0742. The Labute approximate surface area is 97.9 Å². The molecule has 0 aliphatic carbocycles. The average Bonchev–Trinajstić information content (AvgIpc) is 2.73. The van der Waals surface area contributed by atoms with Crippen molar-refractivity contribution in [3.05, 3.63) is 33.8 Å². The fourth-order valence-corrected chi connectivity index (χ4v) is 2.46. The van der Waals surface area contributed by atoms with E-state index < -0.39 is 0 Å². The lowest BCUT2D eigenvalue weighted by Crippen LogP contribution is -2.11. The molecule has 1 N–H and O–H groups in total. The van der Waals surface area contributed by atoms with Gasteiger partial charge in [0.1, 0.15) is 0 Å². The maximum Gasteiger partial charge on any atom is 0.256 e. The third kappa shape index (κ3) is 2.14. The highest BCUT2D eigenvalue weighted by Crippen LogP contribution is 2.21. The van der Waals surface area contributed by atoms with Crippen molar-refractivity contribution in [2.45, 2.75) is 13.8 Å². The van der Waals surface area contributed by atoms with Crippen LogP contribution in [-0.4, -0.2) is 15.7 Å². The predicted octanol–water partition coefficient (Wildman–Crippen LogP) is 2.35. The highest BCUT2D eigenvalue weighted by atomic mass is 32.1. The summed E-state index contributed by atoms with van der Waals surface area (Å²) >= 11 is 1.63. The fourth-order valence-electron chi connectivity index (χ4n) is 1.54. The normalized spacial score (nSPS) is 10.4. The second-order valence-corrected chi connectivity index (χ2v) is 5.14. The van der Waals surface area contributed by atoms with Crippen molar-refractivity contribution in [1.82, 2.24) is 9.78 Å². The lowest BCUT2D eigenvalue weighted by molar-refractivity contribution is 0.102. The number of carbonyl (C=O) groups excluding carboxylic acids is 1. The Bertz CT molecular complexity index is 527. The second kappa shape index (κ2) is 4.09.